The van der Waals surface area contributed by atoms with Gasteiger partial charge in [0.05, 0.1) is 20.4 Å². The van der Waals surface area contributed by atoms with Gasteiger partial charge in [0.15, 0.2) is 11.5 Å². The van der Waals surface area contributed by atoms with E-state index >= 15 is 0 Å². The third kappa shape index (κ3) is 8.02. The van der Waals surface area contributed by atoms with Crippen molar-refractivity contribution in [2.75, 3.05) is 14.2 Å². The minimum absolute atomic E-state index is 0.175. The summed E-state index contributed by atoms with van der Waals surface area (Å²) in [5.41, 5.74) is 3.22. The number of carbonyl (C=O) groups is 2. The molecule has 0 aliphatic heterocycles. The average Bonchev–Trinajstić information content (AvgIpc) is 2.58. The molecule has 0 saturated carbocycles. The van der Waals surface area contributed by atoms with E-state index in [9.17, 15) is 9.59 Å². The number of carboxylic acid groups (broad SMARTS) is 1. The number of hydrogen-bond acceptors (Lipinski definition) is 5. The molecular weight excluding hydrogens is 392 g/mol. The summed E-state index contributed by atoms with van der Waals surface area (Å²) < 4.78 is 11.2. The third-order valence-electron chi connectivity index (χ3n) is 3.44. The number of nitrogens with one attached hydrogen (secondary N) is 1. The molecule has 8 heteroatoms. The number of amides is 1. The van der Waals surface area contributed by atoms with Gasteiger partial charge in [-0.3, -0.25) is 9.59 Å². The van der Waals surface area contributed by atoms with E-state index in [1.807, 2.05) is 0 Å². The maximum atomic E-state index is 11.7. The Morgan fingerprint density at radius 1 is 1.12 bits per heavy atom. The van der Waals surface area contributed by atoms with Crippen molar-refractivity contribution < 1.29 is 24.2 Å². The van der Waals surface area contributed by atoms with E-state index in [2.05, 4.69) is 26.5 Å². The number of carboxylic acids is 1. The summed E-state index contributed by atoms with van der Waals surface area (Å²) in [4.78, 5) is 22.1. The second-order valence-electron chi connectivity index (χ2n) is 5.33. The molecule has 0 bridgehead atoms. The molecule has 0 unspecified atom stereocenters. The summed E-state index contributed by atoms with van der Waals surface area (Å²) in [7, 11) is 3.10. The number of carbonyl (C=O) groups excluding carboxylic acids is 1. The predicted octanol–water partition coefficient (Wildman–Crippen LogP) is 3.34. The number of unbranched alkanes of at least 4 members (excludes halogenated alkanes) is 3. The number of benzene rings is 1. The smallest absolute Gasteiger partial charge is 0.303 e. The molecule has 25 heavy (non-hydrogen) atoms. The molecule has 138 valence electrons. The van der Waals surface area contributed by atoms with Gasteiger partial charge in [-0.25, -0.2) is 5.43 Å². The van der Waals surface area contributed by atoms with Gasteiger partial charge in [0.2, 0.25) is 5.91 Å². The predicted molar refractivity (Wildman–Crippen MR) is 98.3 cm³/mol. The fourth-order valence-corrected chi connectivity index (χ4v) is 2.54. The van der Waals surface area contributed by atoms with Gasteiger partial charge in [0.1, 0.15) is 0 Å². The summed E-state index contributed by atoms with van der Waals surface area (Å²) in [6, 6.07) is 3.51. The number of hydrogen-bond donors (Lipinski definition) is 2. The van der Waals surface area contributed by atoms with Crippen LogP contribution in [-0.4, -0.2) is 37.4 Å². The SMILES string of the molecule is COc1cc(Br)c(/C=N/NC(=O)CCCCCCC(=O)O)cc1OC. The van der Waals surface area contributed by atoms with Gasteiger partial charge in [0, 0.05) is 22.9 Å². The van der Waals surface area contributed by atoms with Crippen LogP contribution in [0.25, 0.3) is 0 Å². The van der Waals surface area contributed by atoms with E-state index in [4.69, 9.17) is 14.6 Å². The molecule has 0 heterocycles. The lowest BCUT2D eigenvalue weighted by Crippen LogP contribution is -2.17. The van der Waals surface area contributed by atoms with Crippen molar-refractivity contribution in [3.63, 3.8) is 0 Å². The fraction of sp³-hybridized carbons (Fsp3) is 0.471. The zero-order valence-electron chi connectivity index (χ0n) is 14.4. The first-order valence-corrected chi connectivity index (χ1v) is 8.72. The van der Waals surface area contributed by atoms with Crippen LogP contribution in [0.15, 0.2) is 21.7 Å². The highest BCUT2D eigenvalue weighted by atomic mass is 79.9. The summed E-state index contributed by atoms with van der Waals surface area (Å²) in [5.74, 6) is 0.206. The number of ether oxygens (including phenoxy) is 2. The Kier molecular flexibility index (Phi) is 9.61. The Labute approximate surface area is 155 Å². The monoisotopic (exact) mass is 414 g/mol. The topological polar surface area (TPSA) is 97.2 Å². The second-order valence-corrected chi connectivity index (χ2v) is 6.18. The molecular formula is C17H23BrN2O5. The van der Waals surface area contributed by atoms with E-state index in [1.54, 1.807) is 26.4 Å². The van der Waals surface area contributed by atoms with Gasteiger partial charge in [-0.1, -0.05) is 12.8 Å². The molecule has 0 fully saturated rings. The minimum atomic E-state index is -0.784. The van der Waals surface area contributed by atoms with Crippen LogP contribution in [0, 0.1) is 0 Å². The maximum Gasteiger partial charge on any atom is 0.303 e. The van der Waals surface area contributed by atoms with E-state index in [1.165, 1.54) is 6.21 Å². The zero-order chi connectivity index (χ0) is 18.7. The van der Waals surface area contributed by atoms with E-state index < -0.39 is 5.97 Å². The molecule has 1 aromatic rings. The molecule has 0 aliphatic carbocycles. The highest BCUT2D eigenvalue weighted by molar-refractivity contribution is 9.10. The van der Waals surface area contributed by atoms with Gasteiger partial charge < -0.3 is 14.6 Å². The Hall–Kier alpha value is -2.09. The first-order valence-electron chi connectivity index (χ1n) is 7.93. The van der Waals surface area contributed by atoms with Gasteiger partial charge in [-0.2, -0.15) is 5.10 Å². The summed E-state index contributed by atoms with van der Waals surface area (Å²) >= 11 is 3.41. The lowest BCUT2D eigenvalue weighted by molar-refractivity contribution is -0.137. The number of halogens is 1. The standard InChI is InChI=1S/C17H23BrN2O5/c1-24-14-9-12(13(18)10-15(14)25-2)11-19-20-16(21)7-5-3-4-6-8-17(22)23/h9-11H,3-8H2,1-2H3,(H,20,21)(H,22,23)/b19-11+. The van der Waals surface area contributed by atoms with Gasteiger partial charge in [-0.15, -0.1) is 0 Å². The van der Waals surface area contributed by atoms with Crippen molar-refractivity contribution in [3.8, 4) is 11.5 Å². The molecule has 0 atom stereocenters. The van der Waals surface area contributed by atoms with Crippen molar-refractivity contribution in [1.29, 1.82) is 0 Å². The lowest BCUT2D eigenvalue weighted by Gasteiger charge is -2.09. The number of hydrazone groups is 1. The summed E-state index contributed by atoms with van der Waals surface area (Å²) in [6.07, 6.45) is 5.04. The quantitative estimate of drug-likeness (QED) is 0.328. The summed E-state index contributed by atoms with van der Waals surface area (Å²) in [6.45, 7) is 0. The molecule has 1 aromatic carbocycles. The number of aliphatic carboxylic acids is 1. The maximum absolute atomic E-state index is 11.7. The molecule has 0 radical (unpaired) electrons. The van der Waals surface area contributed by atoms with Gasteiger partial charge >= 0.3 is 5.97 Å². The normalized spacial score (nSPS) is 10.7. The molecule has 1 rings (SSSR count). The molecule has 1 amide bonds. The Balaban J connectivity index is 2.39. The number of rotatable bonds is 11. The van der Waals surface area contributed by atoms with E-state index in [-0.39, 0.29) is 12.3 Å². The summed E-state index contributed by atoms with van der Waals surface area (Å²) in [5, 5.41) is 12.5. The number of nitrogens with zero attached hydrogens (tertiary/aromatic N) is 1. The second kappa shape index (κ2) is 11.5. The number of methoxy groups -OCH3 is 2. The van der Waals surface area contributed by atoms with Crippen LogP contribution in [0.1, 0.15) is 44.1 Å². The molecule has 0 aromatic heterocycles. The molecule has 7 nitrogen and oxygen atoms in total. The Morgan fingerprint density at radius 3 is 2.32 bits per heavy atom. The Morgan fingerprint density at radius 2 is 1.72 bits per heavy atom. The molecule has 2 N–H and O–H groups in total. The molecule has 0 aliphatic rings. The van der Waals surface area contributed by atoms with Crippen LogP contribution in [0.4, 0.5) is 0 Å². The van der Waals surface area contributed by atoms with Crippen molar-refractivity contribution in [2.24, 2.45) is 5.10 Å². The van der Waals surface area contributed by atoms with Crippen LogP contribution < -0.4 is 14.9 Å². The lowest BCUT2D eigenvalue weighted by atomic mass is 10.1. The average molecular weight is 415 g/mol. The minimum Gasteiger partial charge on any atom is -0.493 e. The van der Waals surface area contributed by atoms with Crippen molar-refractivity contribution in [1.82, 2.24) is 5.43 Å². The highest BCUT2D eigenvalue weighted by Gasteiger charge is 2.08. The first kappa shape index (κ1) is 21.0. The zero-order valence-corrected chi connectivity index (χ0v) is 16.0. The van der Waals surface area contributed by atoms with Crippen molar-refractivity contribution in [3.05, 3.63) is 22.2 Å². The van der Waals surface area contributed by atoms with Crippen LogP contribution in [0.5, 0.6) is 11.5 Å². The van der Waals surface area contributed by atoms with Crippen molar-refractivity contribution >= 4 is 34.0 Å². The van der Waals surface area contributed by atoms with Crippen LogP contribution in [-0.2, 0) is 9.59 Å². The van der Waals surface area contributed by atoms with E-state index in [0.29, 0.717) is 30.8 Å². The van der Waals surface area contributed by atoms with Gasteiger partial charge in [-0.05, 0) is 40.9 Å². The van der Waals surface area contributed by atoms with Crippen LogP contribution >= 0.6 is 15.9 Å². The van der Waals surface area contributed by atoms with Crippen molar-refractivity contribution in [2.45, 2.75) is 38.5 Å². The first-order chi connectivity index (χ1) is 12.0. The van der Waals surface area contributed by atoms with Crippen LogP contribution in [0.2, 0.25) is 0 Å². The van der Waals surface area contributed by atoms with Crippen LogP contribution in [0.3, 0.4) is 0 Å². The van der Waals surface area contributed by atoms with E-state index in [0.717, 1.165) is 22.9 Å². The highest BCUT2D eigenvalue weighted by Crippen LogP contribution is 2.32. The molecule has 0 spiro atoms. The molecule has 0 saturated heterocycles. The fourth-order valence-electron chi connectivity index (χ4n) is 2.11. The third-order valence-corrected chi connectivity index (χ3v) is 4.13. The van der Waals surface area contributed by atoms with Gasteiger partial charge in [0.25, 0.3) is 0 Å². The Bertz CT molecular complexity index is 619. The largest absolute Gasteiger partial charge is 0.493 e.